The van der Waals surface area contributed by atoms with Crippen LogP contribution in [0.2, 0.25) is 0 Å². The molecule has 1 aromatic heterocycles. The predicted octanol–water partition coefficient (Wildman–Crippen LogP) is 4.67. The van der Waals surface area contributed by atoms with Gasteiger partial charge in [0.15, 0.2) is 5.82 Å². The SMILES string of the molecule is CCCc1nc(-c2ccccc2)cnc1NC(=O)CCc1ccccc1. The minimum Gasteiger partial charge on any atom is -0.309 e. The molecule has 0 bridgehead atoms. The van der Waals surface area contributed by atoms with Crippen LogP contribution in [0, 0.1) is 0 Å². The van der Waals surface area contributed by atoms with Crippen LogP contribution in [0.5, 0.6) is 0 Å². The van der Waals surface area contributed by atoms with Gasteiger partial charge in [-0.15, -0.1) is 0 Å². The topological polar surface area (TPSA) is 54.9 Å². The Kier molecular flexibility index (Phi) is 6.09. The molecule has 0 atom stereocenters. The summed E-state index contributed by atoms with van der Waals surface area (Å²) < 4.78 is 0. The molecule has 4 heteroatoms. The van der Waals surface area contributed by atoms with Gasteiger partial charge in [0.1, 0.15) is 0 Å². The van der Waals surface area contributed by atoms with Crippen molar-refractivity contribution in [2.75, 3.05) is 5.32 Å². The first-order valence-corrected chi connectivity index (χ1v) is 9.01. The number of aryl methyl sites for hydroxylation is 2. The summed E-state index contributed by atoms with van der Waals surface area (Å²) in [4.78, 5) is 21.5. The number of hydrogen-bond donors (Lipinski definition) is 1. The molecular formula is C22H23N3O. The molecule has 2 aromatic carbocycles. The summed E-state index contributed by atoms with van der Waals surface area (Å²) >= 11 is 0. The lowest BCUT2D eigenvalue weighted by molar-refractivity contribution is -0.116. The third kappa shape index (κ3) is 4.76. The molecule has 0 aliphatic carbocycles. The van der Waals surface area contributed by atoms with Crippen molar-refractivity contribution in [3.8, 4) is 11.3 Å². The van der Waals surface area contributed by atoms with Crippen LogP contribution >= 0.6 is 0 Å². The summed E-state index contributed by atoms with van der Waals surface area (Å²) in [7, 11) is 0. The van der Waals surface area contributed by atoms with Gasteiger partial charge >= 0.3 is 0 Å². The zero-order valence-electron chi connectivity index (χ0n) is 15.0. The first-order chi connectivity index (χ1) is 12.8. The van der Waals surface area contributed by atoms with E-state index in [4.69, 9.17) is 4.98 Å². The molecule has 0 spiro atoms. The van der Waals surface area contributed by atoms with Crippen LogP contribution in [0.1, 0.15) is 31.0 Å². The van der Waals surface area contributed by atoms with Crippen LogP contribution in [-0.2, 0) is 17.6 Å². The Balaban J connectivity index is 1.71. The molecule has 3 rings (SSSR count). The average Bonchev–Trinajstić information content (AvgIpc) is 2.69. The molecule has 1 N–H and O–H groups in total. The van der Waals surface area contributed by atoms with Gasteiger partial charge in [-0.1, -0.05) is 74.0 Å². The van der Waals surface area contributed by atoms with Crippen LogP contribution in [0.15, 0.2) is 66.9 Å². The van der Waals surface area contributed by atoms with E-state index in [1.165, 1.54) is 0 Å². The maximum atomic E-state index is 12.3. The van der Waals surface area contributed by atoms with Gasteiger partial charge in [0.25, 0.3) is 0 Å². The Labute approximate surface area is 154 Å². The van der Waals surface area contributed by atoms with Crippen molar-refractivity contribution >= 4 is 11.7 Å². The molecule has 0 fully saturated rings. The van der Waals surface area contributed by atoms with Crippen molar-refractivity contribution in [1.29, 1.82) is 0 Å². The minimum atomic E-state index is -0.0343. The smallest absolute Gasteiger partial charge is 0.225 e. The summed E-state index contributed by atoms with van der Waals surface area (Å²) in [6, 6.07) is 20.0. The second-order valence-corrected chi connectivity index (χ2v) is 6.20. The summed E-state index contributed by atoms with van der Waals surface area (Å²) in [6.07, 6.45) is 4.59. The van der Waals surface area contributed by atoms with Gasteiger partial charge in [0.05, 0.1) is 17.6 Å². The Morgan fingerprint density at radius 1 is 0.962 bits per heavy atom. The van der Waals surface area contributed by atoms with Gasteiger partial charge in [-0.25, -0.2) is 9.97 Å². The van der Waals surface area contributed by atoms with E-state index in [2.05, 4.69) is 17.2 Å². The van der Waals surface area contributed by atoms with Crippen molar-refractivity contribution in [1.82, 2.24) is 9.97 Å². The maximum Gasteiger partial charge on any atom is 0.225 e. The Morgan fingerprint density at radius 2 is 1.65 bits per heavy atom. The highest BCUT2D eigenvalue weighted by Gasteiger charge is 2.11. The molecule has 26 heavy (non-hydrogen) atoms. The largest absolute Gasteiger partial charge is 0.309 e. The van der Waals surface area contributed by atoms with Crippen LogP contribution < -0.4 is 5.32 Å². The first kappa shape index (κ1) is 17.8. The molecule has 132 valence electrons. The fraction of sp³-hybridized carbons (Fsp3) is 0.227. The quantitative estimate of drug-likeness (QED) is 0.677. The fourth-order valence-corrected chi connectivity index (χ4v) is 2.79. The molecule has 0 saturated heterocycles. The lowest BCUT2D eigenvalue weighted by atomic mass is 10.1. The normalized spacial score (nSPS) is 10.5. The van der Waals surface area contributed by atoms with E-state index in [0.717, 1.165) is 35.4 Å². The van der Waals surface area contributed by atoms with Gasteiger partial charge < -0.3 is 5.32 Å². The summed E-state index contributed by atoms with van der Waals surface area (Å²) in [5, 5.41) is 2.93. The average molecular weight is 345 g/mol. The summed E-state index contributed by atoms with van der Waals surface area (Å²) in [5.74, 6) is 0.539. The molecule has 0 aliphatic heterocycles. The number of nitrogens with zero attached hydrogens (tertiary/aromatic N) is 2. The summed E-state index contributed by atoms with van der Waals surface area (Å²) in [6.45, 7) is 2.10. The molecule has 0 saturated carbocycles. The highest BCUT2D eigenvalue weighted by molar-refractivity contribution is 5.90. The number of amides is 1. The summed E-state index contributed by atoms with van der Waals surface area (Å²) in [5.41, 5.74) is 3.85. The number of rotatable bonds is 7. The van der Waals surface area contributed by atoms with E-state index in [-0.39, 0.29) is 5.91 Å². The number of hydrogen-bond acceptors (Lipinski definition) is 3. The molecule has 1 amide bonds. The Hall–Kier alpha value is -3.01. The number of anilines is 1. The van der Waals surface area contributed by atoms with Gasteiger partial charge in [0.2, 0.25) is 5.91 Å². The standard InChI is InChI=1S/C22H23N3O/c1-2-9-19-22(23-16-20(24-19)18-12-7-4-8-13-18)25-21(26)15-14-17-10-5-3-6-11-17/h3-8,10-13,16H,2,9,14-15H2,1H3,(H,23,25,26). The van der Waals surface area contributed by atoms with E-state index < -0.39 is 0 Å². The fourth-order valence-electron chi connectivity index (χ4n) is 2.79. The highest BCUT2D eigenvalue weighted by Crippen LogP contribution is 2.20. The second kappa shape index (κ2) is 8.90. The zero-order valence-corrected chi connectivity index (χ0v) is 15.0. The van der Waals surface area contributed by atoms with E-state index in [0.29, 0.717) is 18.7 Å². The van der Waals surface area contributed by atoms with Crippen LogP contribution in [-0.4, -0.2) is 15.9 Å². The maximum absolute atomic E-state index is 12.3. The molecule has 0 unspecified atom stereocenters. The van der Waals surface area contributed by atoms with E-state index in [9.17, 15) is 4.79 Å². The molecule has 0 radical (unpaired) electrons. The highest BCUT2D eigenvalue weighted by atomic mass is 16.1. The molecule has 4 nitrogen and oxygen atoms in total. The van der Waals surface area contributed by atoms with E-state index in [1.807, 2.05) is 60.7 Å². The van der Waals surface area contributed by atoms with Crippen molar-refractivity contribution in [3.63, 3.8) is 0 Å². The molecular weight excluding hydrogens is 322 g/mol. The number of aromatic nitrogens is 2. The van der Waals surface area contributed by atoms with Gasteiger partial charge in [-0.05, 0) is 18.4 Å². The molecule has 3 aromatic rings. The lowest BCUT2D eigenvalue weighted by Gasteiger charge is -2.11. The number of benzene rings is 2. The van der Waals surface area contributed by atoms with Crippen molar-refractivity contribution in [2.24, 2.45) is 0 Å². The molecule has 0 aliphatic rings. The number of carbonyl (C=O) groups is 1. The monoisotopic (exact) mass is 345 g/mol. The zero-order chi connectivity index (χ0) is 18.2. The second-order valence-electron chi connectivity index (χ2n) is 6.20. The third-order valence-corrected chi connectivity index (χ3v) is 4.14. The third-order valence-electron chi connectivity index (χ3n) is 4.14. The van der Waals surface area contributed by atoms with Crippen molar-refractivity contribution in [2.45, 2.75) is 32.6 Å². The first-order valence-electron chi connectivity index (χ1n) is 9.01. The predicted molar refractivity (Wildman–Crippen MR) is 105 cm³/mol. The van der Waals surface area contributed by atoms with E-state index >= 15 is 0 Å². The van der Waals surface area contributed by atoms with E-state index in [1.54, 1.807) is 6.20 Å². The van der Waals surface area contributed by atoms with Gasteiger partial charge in [-0.2, -0.15) is 0 Å². The number of carbonyl (C=O) groups excluding carboxylic acids is 1. The van der Waals surface area contributed by atoms with Crippen LogP contribution in [0.3, 0.4) is 0 Å². The van der Waals surface area contributed by atoms with Crippen molar-refractivity contribution in [3.05, 3.63) is 78.1 Å². The lowest BCUT2D eigenvalue weighted by Crippen LogP contribution is -2.16. The number of nitrogens with one attached hydrogen (secondary N) is 1. The minimum absolute atomic E-state index is 0.0343. The Morgan fingerprint density at radius 3 is 2.35 bits per heavy atom. The van der Waals surface area contributed by atoms with Gasteiger partial charge in [0, 0.05) is 12.0 Å². The van der Waals surface area contributed by atoms with Crippen LogP contribution in [0.4, 0.5) is 5.82 Å². The van der Waals surface area contributed by atoms with Crippen molar-refractivity contribution < 1.29 is 4.79 Å². The Bertz CT molecular complexity index is 848. The van der Waals surface area contributed by atoms with Gasteiger partial charge in [-0.3, -0.25) is 4.79 Å². The van der Waals surface area contributed by atoms with Crippen LogP contribution in [0.25, 0.3) is 11.3 Å². The molecule has 1 heterocycles.